The van der Waals surface area contributed by atoms with E-state index in [-0.39, 0.29) is 10.6 Å². The van der Waals surface area contributed by atoms with Crippen molar-refractivity contribution in [2.24, 2.45) is 0 Å². The Labute approximate surface area is 127 Å². The minimum Gasteiger partial charge on any atom is -0.494 e. The van der Waals surface area contributed by atoms with Crippen LogP contribution in [0.1, 0.15) is 13.3 Å². The minimum atomic E-state index is -3.87. The van der Waals surface area contributed by atoms with E-state index < -0.39 is 21.7 Å². The quantitative estimate of drug-likeness (QED) is 0.883. The molecule has 0 saturated heterocycles. The molecule has 0 spiro atoms. The molecule has 0 fully saturated rings. The molecule has 0 unspecified atom stereocenters. The van der Waals surface area contributed by atoms with Crippen molar-refractivity contribution in [2.45, 2.75) is 18.2 Å². The summed E-state index contributed by atoms with van der Waals surface area (Å²) in [6.07, 6.45) is 0.845. The third kappa shape index (κ3) is 3.94. The molecule has 0 bridgehead atoms. The number of benzene rings is 2. The van der Waals surface area contributed by atoms with Crippen LogP contribution in [0.4, 0.5) is 14.5 Å². The molecule has 2 rings (SSSR count). The van der Waals surface area contributed by atoms with Crippen LogP contribution in [0.25, 0.3) is 0 Å². The van der Waals surface area contributed by atoms with Crippen LogP contribution in [0.5, 0.6) is 5.75 Å². The maximum atomic E-state index is 13.1. The highest BCUT2D eigenvalue weighted by Crippen LogP contribution is 2.20. The van der Waals surface area contributed by atoms with Crippen LogP contribution in [-0.2, 0) is 10.0 Å². The van der Waals surface area contributed by atoms with Crippen LogP contribution in [-0.4, -0.2) is 15.0 Å². The van der Waals surface area contributed by atoms with Gasteiger partial charge in [0.15, 0.2) is 11.6 Å². The summed E-state index contributed by atoms with van der Waals surface area (Å²) in [6.45, 7) is 2.50. The Morgan fingerprint density at radius 3 is 2.32 bits per heavy atom. The Hall–Kier alpha value is -2.15. The monoisotopic (exact) mass is 327 g/mol. The standard InChI is InChI=1S/C15H15F2NO3S/c1-2-9-21-12-4-6-13(7-5-12)22(19,20)18-11-3-8-14(16)15(17)10-11/h3-8,10,18H,2,9H2,1H3. The lowest BCUT2D eigenvalue weighted by atomic mass is 10.3. The van der Waals surface area contributed by atoms with Gasteiger partial charge in [-0.2, -0.15) is 0 Å². The van der Waals surface area contributed by atoms with E-state index >= 15 is 0 Å². The molecule has 22 heavy (non-hydrogen) atoms. The number of sulfonamides is 1. The van der Waals surface area contributed by atoms with Gasteiger partial charge in [0.25, 0.3) is 10.0 Å². The first kappa shape index (κ1) is 16.2. The van der Waals surface area contributed by atoms with Crippen molar-refractivity contribution in [1.29, 1.82) is 0 Å². The van der Waals surface area contributed by atoms with Gasteiger partial charge in [-0.3, -0.25) is 4.72 Å². The van der Waals surface area contributed by atoms with Gasteiger partial charge in [0.05, 0.1) is 17.2 Å². The minimum absolute atomic E-state index is 0.00100. The summed E-state index contributed by atoms with van der Waals surface area (Å²) < 4.78 is 57.8. The van der Waals surface area contributed by atoms with Crippen molar-refractivity contribution in [3.05, 3.63) is 54.1 Å². The van der Waals surface area contributed by atoms with E-state index in [4.69, 9.17) is 4.74 Å². The molecular weight excluding hydrogens is 312 g/mol. The highest BCUT2D eigenvalue weighted by atomic mass is 32.2. The first-order valence-electron chi connectivity index (χ1n) is 6.63. The zero-order chi connectivity index (χ0) is 16.2. The smallest absolute Gasteiger partial charge is 0.261 e. The number of hydrogen-bond acceptors (Lipinski definition) is 3. The molecule has 0 aliphatic heterocycles. The molecule has 4 nitrogen and oxygen atoms in total. The molecule has 2 aromatic rings. The van der Waals surface area contributed by atoms with Gasteiger partial charge in [0.2, 0.25) is 0 Å². The first-order valence-corrected chi connectivity index (χ1v) is 8.11. The van der Waals surface area contributed by atoms with E-state index in [0.29, 0.717) is 12.4 Å². The van der Waals surface area contributed by atoms with E-state index in [0.717, 1.165) is 24.6 Å². The van der Waals surface area contributed by atoms with Crippen LogP contribution in [0.15, 0.2) is 47.4 Å². The third-order valence-corrected chi connectivity index (χ3v) is 4.18. The predicted octanol–water partition coefficient (Wildman–Crippen LogP) is 3.55. The number of nitrogens with one attached hydrogen (secondary N) is 1. The maximum Gasteiger partial charge on any atom is 0.261 e. The average molecular weight is 327 g/mol. The second-order valence-corrected chi connectivity index (χ2v) is 6.24. The van der Waals surface area contributed by atoms with Crippen molar-refractivity contribution in [3.8, 4) is 5.75 Å². The summed E-state index contributed by atoms with van der Waals surface area (Å²) >= 11 is 0. The summed E-state index contributed by atoms with van der Waals surface area (Å²) in [7, 11) is -3.87. The normalized spacial score (nSPS) is 11.2. The molecule has 2 aromatic carbocycles. The summed E-state index contributed by atoms with van der Waals surface area (Å²) in [6, 6.07) is 8.63. The van der Waals surface area contributed by atoms with Crippen molar-refractivity contribution >= 4 is 15.7 Å². The number of anilines is 1. The lowest BCUT2D eigenvalue weighted by Crippen LogP contribution is -2.13. The van der Waals surface area contributed by atoms with Crippen molar-refractivity contribution in [3.63, 3.8) is 0 Å². The Bertz CT molecular complexity index is 746. The van der Waals surface area contributed by atoms with Gasteiger partial charge in [-0.25, -0.2) is 17.2 Å². The molecule has 0 atom stereocenters. The molecule has 0 saturated carbocycles. The third-order valence-electron chi connectivity index (χ3n) is 2.78. The molecule has 0 aliphatic carbocycles. The Kier molecular flexibility index (Phi) is 4.97. The Balaban J connectivity index is 2.17. The SMILES string of the molecule is CCCOc1ccc(S(=O)(=O)Nc2ccc(F)c(F)c2)cc1. The number of rotatable bonds is 6. The van der Waals surface area contributed by atoms with Gasteiger partial charge >= 0.3 is 0 Å². The molecule has 0 amide bonds. The molecular formula is C15H15F2NO3S. The fraction of sp³-hybridized carbons (Fsp3) is 0.200. The molecule has 118 valence electrons. The fourth-order valence-corrected chi connectivity index (χ4v) is 2.76. The summed E-state index contributed by atoms with van der Waals surface area (Å²) in [5, 5.41) is 0. The first-order chi connectivity index (χ1) is 10.4. The van der Waals surface area contributed by atoms with Crippen molar-refractivity contribution < 1.29 is 21.9 Å². The van der Waals surface area contributed by atoms with Crippen LogP contribution in [0, 0.1) is 11.6 Å². The number of ether oxygens (including phenoxy) is 1. The van der Waals surface area contributed by atoms with Gasteiger partial charge in [-0.05, 0) is 42.8 Å². The molecule has 0 radical (unpaired) electrons. The molecule has 1 N–H and O–H groups in total. The largest absolute Gasteiger partial charge is 0.494 e. The van der Waals surface area contributed by atoms with E-state index in [2.05, 4.69) is 4.72 Å². The van der Waals surface area contributed by atoms with E-state index in [1.165, 1.54) is 24.3 Å². The van der Waals surface area contributed by atoms with Crippen LogP contribution >= 0.6 is 0 Å². The maximum absolute atomic E-state index is 13.1. The van der Waals surface area contributed by atoms with Crippen LogP contribution < -0.4 is 9.46 Å². The Morgan fingerprint density at radius 2 is 1.73 bits per heavy atom. The molecule has 0 heterocycles. The van der Waals surface area contributed by atoms with Crippen molar-refractivity contribution in [1.82, 2.24) is 0 Å². The van der Waals surface area contributed by atoms with Crippen LogP contribution in [0.2, 0.25) is 0 Å². The predicted molar refractivity (Wildman–Crippen MR) is 79.4 cm³/mol. The van der Waals surface area contributed by atoms with Crippen LogP contribution in [0.3, 0.4) is 0 Å². The second-order valence-electron chi connectivity index (χ2n) is 4.55. The zero-order valence-corrected chi connectivity index (χ0v) is 12.7. The van der Waals surface area contributed by atoms with Crippen molar-refractivity contribution in [2.75, 3.05) is 11.3 Å². The topological polar surface area (TPSA) is 55.4 Å². The van der Waals surface area contributed by atoms with E-state index in [1.807, 2.05) is 6.92 Å². The zero-order valence-electron chi connectivity index (χ0n) is 11.8. The summed E-state index contributed by atoms with van der Waals surface area (Å²) in [5.41, 5.74) is -0.0507. The van der Waals surface area contributed by atoms with Gasteiger partial charge < -0.3 is 4.74 Å². The van der Waals surface area contributed by atoms with E-state index in [9.17, 15) is 17.2 Å². The average Bonchev–Trinajstić information content (AvgIpc) is 2.49. The van der Waals surface area contributed by atoms with Gasteiger partial charge in [-0.1, -0.05) is 6.92 Å². The fourth-order valence-electron chi connectivity index (χ4n) is 1.71. The highest BCUT2D eigenvalue weighted by molar-refractivity contribution is 7.92. The van der Waals surface area contributed by atoms with Gasteiger partial charge in [-0.15, -0.1) is 0 Å². The molecule has 0 aromatic heterocycles. The number of hydrogen-bond donors (Lipinski definition) is 1. The lowest BCUT2D eigenvalue weighted by Gasteiger charge is -2.09. The molecule has 7 heteroatoms. The number of halogens is 2. The van der Waals surface area contributed by atoms with E-state index in [1.54, 1.807) is 0 Å². The molecule has 0 aliphatic rings. The highest BCUT2D eigenvalue weighted by Gasteiger charge is 2.15. The second kappa shape index (κ2) is 6.74. The lowest BCUT2D eigenvalue weighted by molar-refractivity contribution is 0.317. The summed E-state index contributed by atoms with van der Waals surface area (Å²) in [5.74, 6) is -1.60. The summed E-state index contributed by atoms with van der Waals surface area (Å²) in [4.78, 5) is 0.00100. The van der Waals surface area contributed by atoms with Gasteiger partial charge in [0.1, 0.15) is 5.75 Å². The van der Waals surface area contributed by atoms with Gasteiger partial charge in [0, 0.05) is 6.07 Å². The Morgan fingerprint density at radius 1 is 1.05 bits per heavy atom.